The summed E-state index contributed by atoms with van der Waals surface area (Å²) in [4.78, 5) is 42.5. The molecule has 0 aliphatic carbocycles. The number of ether oxygens (including phenoxy) is 1. The van der Waals surface area contributed by atoms with E-state index in [9.17, 15) is 14.4 Å². The first-order chi connectivity index (χ1) is 18.3. The van der Waals surface area contributed by atoms with Crippen LogP contribution in [0.2, 0.25) is 5.02 Å². The fourth-order valence-corrected chi connectivity index (χ4v) is 5.06. The highest BCUT2D eigenvalue weighted by Crippen LogP contribution is 2.31. The zero-order chi connectivity index (χ0) is 29.3. The van der Waals surface area contributed by atoms with E-state index in [4.69, 9.17) is 16.3 Å². The number of benzene rings is 2. The third-order valence-corrected chi connectivity index (χ3v) is 7.06. The number of carbonyl (C=O) groups excluding carboxylic acids is 3. The van der Waals surface area contributed by atoms with E-state index < -0.39 is 23.8 Å². The second-order valence-electron chi connectivity index (χ2n) is 10.7. The van der Waals surface area contributed by atoms with Crippen LogP contribution in [0.15, 0.2) is 36.4 Å². The zero-order valence-corrected chi connectivity index (χ0v) is 25.9. The van der Waals surface area contributed by atoms with Crippen LogP contribution in [0.25, 0.3) is 0 Å². The van der Waals surface area contributed by atoms with E-state index >= 15 is 0 Å². The van der Waals surface area contributed by atoms with Crippen molar-refractivity contribution in [3.05, 3.63) is 63.7 Å². The first-order valence-corrected chi connectivity index (χ1v) is 15.0. The molecule has 0 radical (unpaired) electrons. The summed E-state index contributed by atoms with van der Waals surface area (Å²) in [5, 5.41) is 6.17. The van der Waals surface area contributed by atoms with Gasteiger partial charge in [-0.15, -0.1) is 0 Å². The third kappa shape index (κ3) is 9.46. The standard InChI is InChI=1S/C30H42ClN3O4S/c1-9-16-34(28(36)24(15-17-39-8)32-29(37)38-30(5,6)7)26(22-14-13-19(2)18-21(22)4)27(35)33-25-20(3)11-10-12-23(25)31/h10-14,18,24,26H,9,15-17H2,1-8H3,(H,32,37)(H,33,35). The Kier molecular flexibility index (Phi) is 12.2. The van der Waals surface area contributed by atoms with Crippen molar-refractivity contribution in [3.8, 4) is 0 Å². The van der Waals surface area contributed by atoms with Gasteiger partial charge in [-0.05, 0) is 89.1 Å². The average molecular weight is 576 g/mol. The second-order valence-corrected chi connectivity index (χ2v) is 12.1. The molecule has 9 heteroatoms. The van der Waals surface area contributed by atoms with E-state index in [-0.39, 0.29) is 11.8 Å². The van der Waals surface area contributed by atoms with Gasteiger partial charge in [0, 0.05) is 6.54 Å². The van der Waals surface area contributed by atoms with Gasteiger partial charge in [0.2, 0.25) is 5.91 Å². The second kappa shape index (κ2) is 14.6. The number of rotatable bonds is 11. The van der Waals surface area contributed by atoms with Crippen LogP contribution in [0.4, 0.5) is 10.5 Å². The average Bonchev–Trinajstić information content (AvgIpc) is 2.83. The predicted molar refractivity (Wildman–Crippen MR) is 162 cm³/mol. The van der Waals surface area contributed by atoms with Gasteiger partial charge in [-0.1, -0.05) is 54.4 Å². The van der Waals surface area contributed by atoms with Gasteiger partial charge < -0.3 is 20.3 Å². The molecule has 2 atom stereocenters. The summed E-state index contributed by atoms with van der Waals surface area (Å²) < 4.78 is 5.45. The Balaban J connectivity index is 2.57. The first-order valence-electron chi connectivity index (χ1n) is 13.2. The lowest BCUT2D eigenvalue weighted by Crippen LogP contribution is -2.53. The molecule has 3 amide bonds. The summed E-state index contributed by atoms with van der Waals surface area (Å²) >= 11 is 8.01. The molecule has 0 heterocycles. The molecule has 0 saturated carbocycles. The molecule has 0 fully saturated rings. The molecule has 2 aromatic rings. The van der Waals surface area contributed by atoms with E-state index in [0.29, 0.717) is 41.4 Å². The number of nitrogens with one attached hydrogen (secondary N) is 2. The number of carbonyl (C=O) groups is 3. The van der Waals surface area contributed by atoms with E-state index in [2.05, 4.69) is 10.6 Å². The lowest BCUT2D eigenvalue weighted by atomic mass is 9.96. The maximum absolute atomic E-state index is 14.2. The largest absolute Gasteiger partial charge is 0.444 e. The lowest BCUT2D eigenvalue weighted by molar-refractivity contribution is -0.140. The highest BCUT2D eigenvalue weighted by molar-refractivity contribution is 7.98. The van der Waals surface area contributed by atoms with Crippen molar-refractivity contribution in [1.29, 1.82) is 0 Å². The van der Waals surface area contributed by atoms with Gasteiger partial charge in [0.15, 0.2) is 0 Å². The topological polar surface area (TPSA) is 87.7 Å². The molecule has 2 aromatic carbocycles. The van der Waals surface area contributed by atoms with E-state index in [0.717, 1.165) is 16.7 Å². The van der Waals surface area contributed by atoms with Crippen LogP contribution in [-0.4, -0.2) is 53.0 Å². The summed E-state index contributed by atoms with van der Waals surface area (Å²) in [5.74, 6) is -0.0700. The molecule has 0 aliphatic rings. The Labute approximate surface area is 242 Å². The van der Waals surface area contributed by atoms with Crippen molar-refractivity contribution in [2.45, 2.75) is 79.0 Å². The number of anilines is 1. The summed E-state index contributed by atoms with van der Waals surface area (Å²) in [6.45, 7) is 13.4. The number of aryl methyl sites for hydroxylation is 3. The first kappa shape index (κ1) is 32.5. The van der Waals surface area contributed by atoms with Crippen LogP contribution in [0, 0.1) is 20.8 Å². The van der Waals surface area contributed by atoms with Crippen LogP contribution < -0.4 is 10.6 Å². The molecule has 7 nitrogen and oxygen atoms in total. The molecule has 0 saturated heterocycles. The van der Waals surface area contributed by atoms with Crippen LogP contribution in [0.1, 0.15) is 68.8 Å². The van der Waals surface area contributed by atoms with Crippen molar-refractivity contribution in [2.24, 2.45) is 0 Å². The summed E-state index contributed by atoms with van der Waals surface area (Å²) in [6.07, 6.45) is 2.28. The Morgan fingerprint density at radius 2 is 1.77 bits per heavy atom. The Morgan fingerprint density at radius 1 is 1.08 bits per heavy atom. The molecule has 2 rings (SSSR count). The molecule has 0 bridgehead atoms. The maximum Gasteiger partial charge on any atom is 0.408 e. The number of para-hydroxylation sites is 1. The Hall–Kier alpha value is -2.71. The van der Waals surface area contributed by atoms with Crippen LogP contribution in [0.3, 0.4) is 0 Å². The normalized spacial score (nSPS) is 12.8. The minimum absolute atomic E-state index is 0.317. The number of alkyl carbamates (subject to hydrolysis) is 1. The molecule has 0 spiro atoms. The molecule has 214 valence electrons. The van der Waals surface area contributed by atoms with Gasteiger partial charge >= 0.3 is 6.09 Å². The quantitative estimate of drug-likeness (QED) is 0.306. The highest BCUT2D eigenvalue weighted by Gasteiger charge is 2.36. The SMILES string of the molecule is CCCN(C(=O)C(CCSC)NC(=O)OC(C)(C)C)C(C(=O)Nc1c(C)cccc1Cl)c1ccc(C)cc1C. The number of thioether (sulfide) groups is 1. The summed E-state index contributed by atoms with van der Waals surface area (Å²) in [7, 11) is 0. The third-order valence-electron chi connectivity index (χ3n) is 6.10. The van der Waals surface area contributed by atoms with E-state index in [1.54, 1.807) is 43.5 Å². The van der Waals surface area contributed by atoms with Crippen LogP contribution >= 0.6 is 23.4 Å². The summed E-state index contributed by atoms with van der Waals surface area (Å²) in [5.41, 5.74) is 3.26. The van der Waals surface area contributed by atoms with Gasteiger partial charge in [0.25, 0.3) is 5.91 Å². The van der Waals surface area contributed by atoms with Crippen LogP contribution in [-0.2, 0) is 14.3 Å². The Bertz CT molecular complexity index is 1150. The summed E-state index contributed by atoms with van der Waals surface area (Å²) in [6, 6.07) is 9.42. The van der Waals surface area contributed by atoms with Gasteiger partial charge in [0.1, 0.15) is 17.7 Å². The Morgan fingerprint density at radius 3 is 2.33 bits per heavy atom. The van der Waals surface area contributed by atoms with Crippen molar-refractivity contribution >= 4 is 47.0 Å². The minimum atomic E-state index is -0.939. The number of amides is 3. The van der Waals surface area contributed by atoms with E-state index in [1.807, 2.05) is 64.3 Å². The minimum Gasteiger partial charge on any atom is -0.444 e. The van der Waals surface area contributed by atoms with Crippen molar-refractivity contribution < 1.29 is 19.1 Å². The number of hydrogen-bond donors (Lipinski definition) is 2. The number of nitrogens with zero attached hydrogens (tertiary/aromatic N) is 1. The maximum atomic E-state index is 14.2. The predicted octanol–water partition coefficient (Wildman–Crippen LogP) is 6.83. The number of halogens is 1. The van der Waals surface area contributed by atoms with Crippen molar-refractivity contribution in [2.75, 3.05) is 23.9 Å². The van der Waals surface area contributed by atoms with Crippen molar-refractivity contribution in [3.63, 3.8) is 0 Å². The molecule has 2 N–H and O–H groups in total. The highest BCUT2D eigenvalue weighted by atomic mass is 35.5. The molecule has 2 unspecified atom stereocenters. The molecule has 0 aliphatic heterocycles. The fourth-order valence-electron chi connectivity index (χ4n) is 4.32. The van der Waals surface area contributed by atoms with Gasteiger partial charge in [-0.25, -0.2) is 4.79 Å². The van der Waals surface area contributed by atoms with E-state index in [1.165, 1.54) is 0 Å². The molecule has 39 heavy (non-hydrogen) atoms. The fraction of sp³-hybridized carbons (Fsp3) is 0.500. The molecular formula is C30H42ClN3O4S. The number of hydrogen-bond acceptors (Lipinski definition) is 5. The molecular weight excluding hydrogens is 534 g/mol. The van der Waals surface area contributed by atoms with Gasteiger partial charge in [0.05, 0.1) is 10.7 Å². The smallest absolute Gasteiger partial charge is 0.408 e. The van der Waals surface area contributed by atoms with Crippen LogP contribution in [0.5, 0.6) is 0 Å². The monoisotopic (exact) mass is 575 g/mol. The zero-order valence-electron chi connectivity index (χ0n) is 24.3. The molecule has 0 aromatic heterocycles. The lowest BCUT2D eigenvalue weighted by Gasteiger charge is -2.35. The van der Waals surface area contributed by atoms with Crippen molar-refractivity contribution in [1.82, 2.24) is 10.2 Å². The van der Waals surface area contributed by atoms with Gasteiger partial charge in [-0.2, -0.15) is 11.8 Å². The van der Waals surface area contributed by atoms with Gasteiger partial charge in [-0.3, -0.25) is 9.59 Å².